The van der Waals surface area contributed by atoms with Crippen LogP contribution in [0.2, 0.25) is 0 Å². The molecule has 2 aliphatic heterocycles. The van der Waals surface area contributed by atoms with Crippen LogP contribution in [0.1, 0.15) is 18.4 Å². The second kappa shape index (κ2) is 9.33. The smallest absolute Gasteiger partial charge is 0.243 e. The molecule has 0 saturated carbocycles. The number of rotatable bonds is 6. The number of hydrogen-bond donors (Lipinski definition) is 1. The van der Waals surface area contributed by atoms with E-state index < -0.39 is 15.8 Å². The third-order valence-electron chi connectivity index (χ3n) is 5.55. The number of carbonyl (C=O) groups is 1. The summed E-state index contributed by atoms with van der Waals surface area (Å²) in [6, 6.07) is 10.8. The molecule has 2 aromatic carbocycles. The van der Waals surface area contributed by atoms with Gasteiger partial charge in [0.1, 0.15) is 5.82 Å². The van der Waals surface area contributed by atoms with E-state index in [1.54, 1.807) is 24.3 Å². The van der Waals surface area contributed by atoms with E-state index in [2.05, 4.69) is 10.2 Å². The number of morpholine rings is 1. The van der Waals surface area contributed by atoms with Crippen molar-refractivity contribution in [2.75, 3.05) is 49.6 Å². The molecule has 0 aromatic heterocycles. The number of halogens is 1. The van der Waals surface area contributed by atoms with Crippen LogP contribution in [-0.4, -0.2) is 58.0 Å². The molecule has 1 N–H and O–H groups in total. The second-order valence-corrected chi connectivity index (χ2v) is 9.68. The van der Waals surface area contributed by atoms with Crippen molar-refractivity contribution in [3.63, 3.8) is 0 Å². The maximum Gasteiger partial charge on any atom is 0.243 e. The second-order valence-electron chi connectivity index (χ2n) is 7.74. The fourth-order valence-corrected chi connectivity index (χ4v) is 5.41. The predicted octanol–water partition coefficient (Wildman–Crippen LogP) is 2.63. The molecule has 2 aromatic rings. The number of nitrogens with zero attached hydrogens (tertiary/aromatic N) is 2. The van der Waals surface area contributed by atoms with Gasteiger partial charge >= 0.3 is 0 Å². The molecule has 0 atom stereocenters. The third-order valence-corrected chi connectivity index (χ3v) is 7.45. The van der Waals surface area contributed by atoms with Crippen molar-refractivity contribution in [1.82, 2.24) is 4.31 Å². The van der Waals surface area contributed by atoms with Crippen molar-refractivity contribution in [3.8, 4) is 0 Å². The Bertz CT molecular complexity index is 1050. The Hall–Kier alpha value is -2.49. The lowest BCUT2D eigenvalue weighted by Crippen LogP contribution is -2.40. The van der Waals surface area contributed by atoms with E-state index in [1.165, 1.54) is 22.5 Å². The fraction of sp³-hybridized carbons (Fsp3) is 0.409. The van der Waals surface area contributed by atoms with Crippen molar-refractivity contribution in [3.05, 3.63) is 53.8 Å². The lowest BCUT2D eigenvalue weighted by molar-refractivity contribution is -0.115. The first-order valence-corrected chi connectivity index (χ1v) is 11.9. The molecule has 7 nitrogen and oxygen atoms in total. The Balaban J connectivity index is 1.61. The first-order valence-electron chi connectivity index (χ1n) is 10.4. The molecule has 2 aliphatic rings. The van der Waals surface area contributed by atoms with Crippen LogP contribution in [0.5, 0.6) is 0 Å². The standard InChI is InChI=1S/C22H26FN3O4S/c23-18-5-3-4-17(14-18)15-22(27)24-20-16-19(6-7-21(20)25-8-1-2-9-25)31(28,29)26-10-12-30-13-11-26/h3-7,14,16H,1-2,8-13,15H2,(H,24,27). The van der Waals surface area contributed by atoms with Gasteiger partial charge in [0.05, 0.1) is 35.9 Å². The van der Waals surface area contributed by atoms with Crippen LogP contribution in [-0.2, 0) is 26.0 Å². The summed E-state index contributed by atoms with van der Waals surface area (Å²) >= 11 is 0. The van der Waals surface area contributed by atoms with E-state index in [1.807, 2.05) is 0 Å². The normalized spacial score (nSPS) is 17.6. The Kier molecular flexibility index (Phi) is 6.54. The lowest BCUT2D eigenvalue weighted by atomic mass is 10.1. The van der Waals surface area contributed by atoms with Crippen LogP contribution in [0, 0.1) is 5.82 Å². The van der Waals surface area contributed by atoms with E-state index >= 15 is 0 Å². The van der Waals surface area contributed by atoms with E-state index in [0.717, 1.165) is 31.6 Å². The Morgan fingerprint density at radius 2 is 1.77 bits per heavy atom. The highest BCUT2D eigenvalue weighted by molar-refractivity contribution is 7.89. The van der Waals surface area contributed by atoms with E-state index in [0.29, 0.717) is 37.6 Å². The summed E-state index contributed by atoms with van der Waals surface area (Å²) in [6.45, 7) is 3.03. The largest absolute Gasteiger partial charge is 0.379 e. The fourth-order valence-electron chi connectivity index (χ4n) is 3.97. The third kappa shape index (κ3) is 5.06. The van der Waals surface area contributed by atoms with Gasteiger partial charge in [-0.15, -0.1) is 0 Å². The molecule has 2 heterocycles. The number of benzene rings is 2. The summed E-state index contributed by atoms with van der Waals surface area (Å²) in [5.74, 6) is -0.728. The Morgan fingerprint density at radius 3 is 2.48 bits per heavy atom. The molecule has 4 rings (SSSR count). The summed E-state index contributed by atoms with van der Waals surface area (Å²) in [4.78, 5) is 15.0. The lowest BCUT2D eigenvalue weighted by Gasteiger charge is -2.27. The molecule has 0 spiro atoms. The zero-order valence-corrected chi connectivity index (χ0v) is 18.0. The maximum atomic E-state index is 13.5. The zero-order chi connectivity index (χ0) is 21.8. The molecule has 166 valence electrons. The van der Waals surface area contributed by atoms with E-state index in [9.17, 15) is 17.6 Å². The average Bonchev–Trinajstić information content (AvgIpc) is 3.29. The molecule has 1 amide bonds. The predicted molar refractivity (Wildman–Crippen MR) is 116 cm³/mol. The molecule has 0 bridgehead atoms. The van der Waals surface area contributed by atoms with Gasteiger partial charge in [0.2, 0.25) is 15.9 Å². The van der Waals surface area contributed by atoms with Gasteiger partial charge in [-0.25, -0.2) is 12.8 Å². The monoisotopic (exact) mass is 447 g/mol. The van der Waals surface area contributed by atoms with Crippen LogP contribution in [0.15, 0.2) is 47.4 Å². The zero-order valence-electron chi connectivity index (χ0n) is 17.2. The van der Waals surface area contributed by atoms with Gasteiger partial charge in [0.25, 0.3) is 0 Å². The van der Waals surface area contributed by atoms with Gasteiger partial charge in [-0.2, -0.15) is 4.31 Å². The van der Waals surface area contributed by atoms with Gasteiger partial charge < -0.3 is 15.0 Å². The highest BCUT2D eigenvalue weighted by Gasteiger charge is 2.28. The van der Waals surface area contributed by atoms with Crippen molar-refractivity contribution >= 4 is 27.3 Å². The van der Waals surface area contributed by atoms with Crippen molar-refractivity contribution in [2.24, 2.45) is 0 Å². The van der Waals surface area contributed by atoms with E-state index in [-0.39, 0.29) is 17.2 Å². The molecule has 0 unspecified atom stereocenters. The maximum absolute atomic E-state index is 13.5. The highest BCUT2D eigenvalue weighted by atomic mass is 32.2. The first-order chi connectivity index (χ1) is 14.9. The number of sulfonamides is 1. The van der Waals surface area contributed by atoms with Crippen LogP contribution in [0.4, 0.5) is 15.8 Å². The molecular weight excluding hydrogens is 421 g/mol. The number of nitrogens with one attached hydrogen (secondary N) is 1. The number of amides is 1. The highest BCUT2D eigenvalue weighted by Crippen LogP contribution is 2.32. The molecule has 2 saturated heterocycles. The van der Waals surface area contributed by atoms with Crippen LogP contribution in [0.3, 0.4) is 0 Å². The van der Waals surface area contributed by atoms with Crippen molar-refractivity contribution in [1.29, 1.82) is 0 Å². The minimum absolute atomic E-state index is 0.00234. The number of hydrogen-bond acceptors (Lipinski definition) is 5. The quantitative estimate of drug-likeness (QED) is 0.737. The van der Waals surface area contributed by atoms with Crippen LogP contribution in [0.25, 0.3) is 0 Å². The van der Waals surface area contributed by atoms with Gasteiger partial charge in [-0.1, -0.05) is 12.1 Å². The number of carbonyl (C=O) groups excluding carboxylic acids is 1. The summed E-state index contributed by atoms with van der Waals surface area (Å²) in [5.41, 5.74) is 1.81. The minimum Gasteiger partial charge on any atom is -0.379 e. The molecule has 0 radical (unpaired) electrons. The molecular formula is C22H26FN3O4S. The SMILES string of the molecule is O=C(Cc1cccc(F)c1)Nc1cc(S(=O)(=O)N2CCOCC2)ccc1N1CCCC1. The average molecular weight is 448 g/mol. The summed E-state index contributed by atoms with van der Waals surface area (Å²) in [6.07, 6.45) is 2.09. The Labute approximate surface area is 181 Å². The van der Waals surface area contributed by atoms with Gasteiger partial charge in [0.15, 0.2) is 0 Å². The molecule has 2 fully saturated rings. The molecule has 31 heavy (non-hydrogen) atoms. The first kappa shape index (κ1) is 21.7. The van der Waals surface area contributed by atoms with Gasteiger partial charge in [0, 0.05) is 26.2 Å². The van der Waals surface area contributed by atoms with Gasteiger partial charge in [-0.05, 0) is 48.7 Å². The van der Waals surface area contributed by atoms with E-state index in [4.69, 9.17) is 4.74 Å². The van der Waals surface area contributed by atoms with Gasteiger partial charge in [-0.3, -0.25) is 4.79 Å². The van der Waals surface area contributed by atoms with Crippen molar-refractivity contribution < 1.29 is 22.3 Å². The number of anilines is 2. The Morgan fingerprint density at radius 1 is 1.03 bits per heavy atom. The summed E-state index contributed by atoms with van der Waals surface area (Å²) in [7, 11) is -3.69. The minimum atomic E-state index is -3.69. The topological polar surface area (TPSA) is 79.0 Å². The van der Waals surface area contributed by atoms with Crippen LogP contribution < -0.4 is 10.2 Å². The van der Waals surface area contributed by atoms with Crippen molar-refractivity contribution in [2.45, 2.75) is 24.2 Å². The van der Waals surface area contributed by atoms with Crippen LogP contribution >= 0.6 is 0 Å². The number of ether oxygens (including phenoxy) is 1. The summed E-state index contributed by atoms with van der Waals surface area (Å²) in [5, 5.41) is 2.86. The molecule has 0 aliphatic carbocycles. The summed E-state index contributed by atoms with van der Waals surface area (Å²) < 4.78 is 46.3. The molecule has 9 heteroatoms.